The van der Waals surface area contributed by atoms with E-state index in [-0.39, 0.29) is 6.42 Å². The third-order valence-electron chi connectivity index (χ3n) is 3.35. The van der Waals surface area contributed by atoms with Crippen molar-refractivity contribution >= 4 is 32.0 Å². The van der Waals surface area contributed by atoms with Gasteiger partial charge in [0.2, 0.25) is 0 Å². The lowest BCUT2D eigenvalue weighted by molar-refractivity contribution is -0.0496. The Kier molecular flexibility index (Phi) is 6.09. The lowest BCUT2D eigenvalue weighted by Crippen LogP contribution is -2.29. The van der Waals surface area contributed by atoms with Crippen molar-refractivity contribution in [2.24, 2.45) is 0 Å². The highest BCUT2D eigenvalue weighted by Gasteiger charge is 2.53. The first-order chi connectivity index (χ1) is 11.6. The van der Waals surface area contributed by atoms with Crippen LogP contribution in [0.1, 0.15) is 13.3 Å². The van der Waals surface area contributed by atoms with Crippen molar-refractivity contribution in [3.05, 3.63) is 60.7 Å². The van der Waals surface area contributed by atoms with Gasteiger partial charge in [-0.2, -0.15) is 21.6 Å². The molecule has 0 heterocycles. The first-order valence-corrected chi connectivity index (χ1v) is 10.7. The van der Waals surface area contributed by atoms with Crippen molar-refractivity contribution in [2.75, 3.05) is 0 Å². The number of benzene rings is 2. The zero-order chi connectivity index (χ0) is 18.7. The summed E-state index contributed by atoms with van der Waals surface area (Å²) in [7, 11) is -9.02. The molecule has 0 bridgehead atoms. The summed E-state index contributed by atoms with van der Waals surface area (Å²) in [6, 6.07) is 15.9. The molecule has 138 valence electrons. The van der Waals surface area contributed by atoms with E-state index in [9.17, 15) is 21.6 Å². The highest BCUT2D eigenvalue weighted by molar-refractivity contribution is 8.34. The Morgan fingerprint density at radius 1 is 0.960 bits per heavy atom. The first-order valence-electron chi connectivity index (χ1n) is 7.24. The Morgan fingerprint density at radius 3 is 1.68 bits per heavy atom. The van der Waals surface area contributed by atoms with E-state index in [2.05, 4.69) is 0 Å². The molecule has 0 N–H and O–H groups in total. The zero-order valence-electron chi connectivity index (χ0n) is 13.1. The van der Waals surface area contributed by atoms with Gasteiger partial charge in [-0.3, -0.25) is 0 Å². The summed E-state index contributed by atoms with van der Waals surface area (Å²) in [5.41, 5.74) is -5.54. The van der Waals surface area contributed by atoms with Gasteiger partial charge in [0.05, 0.1) is 4.71 Å². The van der Waals surface area contributed by atoms with Crippen LogP contribution in [0.15, 0.2) is 70.5 Å². The fourth-order valence-corrected chi connectivity index (χ4v) is 7.96. The zero-order valence-corrected chi connectivity index (χ0v) is 15.5. The number of halogens is 4. The van der Waals surface area contributed by atoms with E-state index in [1.807, 2.05) is 0 Å². The average Bonchev–Trinajstić information content (AvgIpc) is 2.59. The second-order valence-electron chi connectivity index (χ2n) is 5.01. The predicted molar refractivity (Wildman–Crippen MR) is 93.0 cm³/mol. The summed E-state index contributed by atoms with van der Waals surface area (Å²) in [4.78, 5) is 0.603. The van der Waals surface area contributed by atoms with Gasteiger partial charge < -0.3 is 0 Å². The van der Waals surface area contributed by atoms with Crippen LogP contribution in [0.25, 0.3) is 0 Å². The molecule has 0 radical (unpaired) electrons. The molecule has 0 amide bonds. The molecule has 2 rings (SSSR count). The van der Waals surface area contributed by atoms with Crippen molar-refractivity contribution in [1.29, 1.82) is 0 Å². The molecular formula is C16H16ClF3O3S2. The summed E-state index contributed by atoms with van der Waals surface area (Å²) in [6.07, 6.45) is 0.216. The fraction of sp³-hybridized carbons (Fsp3) is 0.250. The van der Waals surface area contributed by atoms with Crippen molar-refractivity contribution in [3.63, 3.8) is 0 Å². The minimum Gasteiger partial charge on any atom is -0.203 e. The molecule has 3 nitrogen and oxygen atoms in total. The van der Waals surface area contributed by atoms with Crippen molar-refractivity contribution in [1.82, 2.24) is 0 Å². The summed E-state index contributed by atoms with van der Waals surface area (Å²) < 4.78 is 66.7. The van der Waals surface area contributed by atoms with Gasteiger partial charge in [-0.1, -0.05) is 43.3 Å². The van der Waals surface area contributed by atoms with Crippen LogP contribution >= 0.6 is 21.9 Å². The normalized spacial score (nSPS) is 14.9. The molecule has 9 heteroatoms. The van der Waals surface area contributed by atoms with Crippen molar-refractivity contribution in [3.8, 4) is 0 Å². The molecule has 25 heavy (non-hydrogen) atoms. The van der Waals surface area contributed by atoms with Crippen LogP contribution in [0, 0.1) is 0 Å². The monoisotopic (exact) mass is 412 g/mol. The lowest BCUT2D eigenvalue weighted by Gasteiger charge is -2.42. The van der Waals surface area contributed by atoms with Gasteiger partial charge in [-0.05, 0) is 41.0 Å². The molecule has 0 aliphatic rings. The number of rotatable bonds is 6. The van der Waals surface area contributed by atoms with Crippen molar-refractivity contribution < 1.29 is 25.2 Å². The van der Waals surface area contributed by atoms with Crippen molar-refractivity contribution in [2.45, 2.75) is 33.4 Å². The topological polar surface area (TPSA) is 43.4 Å². The molecule has 1 unspecified atom stereocenters. The highest BCUT2D eigenvalue weighted by atomic mass is 35.5. The summed E-state index contributed by atoms with van der Waals surface area (Å²) in [5.74, 6) is 0. The first kappa shape index (κ1) is 20.1. The van der Waals surface area contributed by atoms with E-state index in [0.29, 0.717) is 9.79 Å². The Hall–Kier alpha value is -1.22. The van der Waals surface area contributed by atoms with Crippen LogP contribution in [-0.4, -0.2) is 18.6 Å². The molecular weight excluding hydrogens is 397 g/mol. The van der Waals surface area contributed by atoms with Crippen LogP contribution < -0.4 is 0 Å². The molecule has 0 saturated carbocycles. The molecule has 1 atom stereocenters. The van der Waals surface area contributed by atoms with E-state index in [1.165, 1.54) is 24.3 Å². The quantitative estimate of drug-likeness (QED) is 0.453. The number of hydrogen-bond donors (Lipinski definition) is 0. The lowest BCUT2D eigenvalue weighted by atomic mass is 10.4. The SMILES string of the molecule is CCC(Cl)S(OS(=O)(=O)C(F)(F)F)(c1ccccc1)c1ccccc1. The van der Waals surface area contributed by atoms with Gasteiger partial charge in [0.25, 0.3) is 0 Å². The van der Waals surface area contributed by atoms with Gasteiger partial charge in [0, 0.05) is 9.79 Å². The van der Waals surface area contributed by atoms with E-state index < -0.39 is 30.6 Å². The highest BCUT2D eigenvalue weighted by Crippen LogP contribution is 2.70. The number of hydrogen-bond acceptors (Lipinski definition) is 3. The largest absolute Gasteiger partial charge is 0.523 e. The van der Waals surface area contributed by atoms with Crippen LogP contribution in [0.2, 0.25) is 0 Å². The Morgan fingerprint density at radius 2 is 1.36 bits per heavy atom. The maximum absolute atomic E-state index is 13.0. The third-order valence-corrected chi connectivity index (χ3v) is 9.55. The number of alkyl halides is 4. The smallest absolute Gasteiger partial charge is 0.203 e. The van der Waals surface area contributed by atoms with Gasteiger partial charge in [-0.25, -0.2) is 3.63 Å². The van der Waals surface area contributed by atoms with Crippen LogP contribution in [0.4, 0.5) is 13.2 Å². The second kappa shape index (κ2) is 7.57. The summed E-state index contributed by atoms with van der Waals surface area (Å²) in [6.45, 7) is 1.66. The average molecular weight is 413 g/mol. The predicted octanol–water partition coefficient (Wildman–Crippen LogP) is 5.67. The van der Waals surface area contributed by atoms with E-state index in [1.54, 1.807) is 43.3 Å². The molecule has 0 saturated heterocycles. The van der Waals surface area contributed by atoms with E-state index in [0.717, 1.165) is 0 Å². The Bertz CT molecular complexity index is 757. The van der Waals surface area contributed by atoms with E-state index in [4.69, 9.17) is 15.2 Å². The summed E-state index contributed by atoms with van der Waals surface area (Å²) >= 11 is 6.39. The maximum Gasteiger partial charge on any atom is 0.523 e. The molecule has 0 fully saturated rings. The van der Waals surface area contributed by atoms with Gasteiger partial charge in [-0.15, -0.1) is 11.6 Å². The third kappa shape index (κ3) is 3.97. The molecule has 0 aromatic heterocycles. The fourth-order valence-electron chi connectivity index (χ4n) is 2.21. The summed E-state index contributed by atoms with van der Waals surface area (Å²) in [5, 5.41) is 0. The van der Waals surface area contributed by atoms with Crippen LogP contribution in [0.5, 0.6) is 0 Å². The maximum atomic E-state index is 13.0. The van der Waals surface area contributed by atoms with Crippen LogP contribution in [0.3, 0.4) is 0 Å². The van der Waals surface area contributed by atoms with Crippen LogP contribution in [-0.2, 0) is 13.7 Å². The minimum atomic E-state index is -5.85. The molecule has 2 aromatic carbocycles. The molecule has 0 aliphatic heterocycles. The van der Waals surface area contributed by atoms with Gasteiger partial charge >= 0.3 is 15.6 Å². The van der Waals surface area contributed by atoms with Gasteiger partial charge in [0.1, 0.15) is 0 Å². The van der Waals surface area contributed by atoms with E-state index >= 15 is 0 Å². The minimum absolute atomic E-state index is 0.216. The molecule has 2 aromatic rings. The Labute approximate surface area is 151 Å². The Balaban J connectivity index is 2.77. The second-order valence-corrected chi connectivity index (χ2v) is 10.4. The molecule has 0 aliphatic carbocycles. The van der Waals surface area contributed by atoms with Gasteiger partial charge in [0.15, 0.2) is 0 Å². The molecule has 0 spiro atoms. The standard InChI is InChI=1S/C16H16ClF3O3S2/c1-2-15(17)24(13-9-5-3-6-10-13,14-11-7-4-8-12-14)23-25(21,22)16(18,19)20/h3-12,15H,2H2,1H3.